The Hall–Kier alpha value is -0.810. The van der Waals surface area contributed by atoms with Crippen LogP contribution in [0.15, 0.2) is 6.20 Å². The number of likely N-dealkylation sites (tertiary alicyclic amines) is 1. The van der Waals surface area contributed by atoms with Crippen LogP contribution in [0, 0.1) is 0 Å². The molecule has 0 aliphatic carbocycles. The van der Waals surface area contributed by atoms with E-state index in [0.717, 1.165) is 23.2 Å². The molecule has 0 spiro atoms. The van der Waals surface area contributed by atoms with Gasteiger partial charge in [0.15, 0.2) is 5.13 Å². The fourth-order valence-electron chi connectivity index (χ4n) is 1.87. The predicted molar refractivity (Wildman–Crippen MR) is 65.3 cm³/mol. The molecule has 1 aromatic rings. The van der Waals surface area contributed by atoms with Gasteiger partial charge < -0.3 is 16.0 Å². The van der Waals surface area contributed by atoms with Gasteiger partial charge >= 0.3 is 0 Å². The molecule has 0 atom stereocenters. The van der Waals surface area contributed by atoms with Crippen LogP contribution in [0.4, 0.5) is 10.1 Å². The minimum Gasteiger partial charge on any atom is -0.389 e. The summed E-state index contributed by atoms with van der Waals surface area (Å²) in [6.07, 6.45) is 5.80. The van der Waals surface area contributed by atoms with Gasteiger partial charge in [-0.05, 0) is 25.9 Å². The number of hydrogen-bond donors (Lipinski definition) is 2. The Labute approximate surface area is 94.5 Å². The number of nitrogens with one attached hydrogen (secondary N) is 1. The number of thiazole rings is 1. The van der Waals surface area contributed by atoms with Crippen molar-refractivity contribution in [1.82, 2.24) is 9.88 Å². The molecule has 2 rings (SSSR count). The van der Waals surface area contributed by atoms with E-state index in [1.165, 1.54) is 43.7 Å². The Morgan fingerprint density at radius 2 is 2.20 bits per heavy atom. The highest BCUT2D eigenvalue weighted by atomic mass is 32.1. The van der Waals surface area contributed by atoms with E-state index in [-0.39, 0.29) is 0 Å². The van der Waals surface area contributed by atoms with Crippen LogP contribution in [-0.2, 0) is 0 Å². The number of hydrogen-bond acceptors (Lipinski definition) is 5. The first-order valence-electron chi connectivity index (χ1n) is 5.52. The molecule has 5 heteroatoms. The molecule has 1 saturated heterocycles. The summed E-state index contributed by atoms with van der Waals surface area (Å²) in [7, 11) is 0. The second-order valence-electron chi connectivity index (χ2n) is 3.90. The molecule has 3 N–H and O–H groups in total. The van der Waals surface area contributed by atoms with E-state index in [1.54, 1.807) is 6.20 Å². The van der Waals surface area contributed by atoms with E-state index in [2.05, 4.69) is 15.2 Å². The van der Waals surface area contributed by atoms with Crippen LogP contribution in [0.1, 0.15) is 19.3 Å². The smallest absolute Gasteiger partial charge is 0.184 e. The lowest BCUT2D eigenvalue weighted by Crippen LogP contribution is -2.33. The van der Waals surface area contributed by atoms with Crippen molar-refractivity contribution in [2.24, 2.45) is 0 Å². The van der Waals surface area contributed by atoms with Crippen molar-refractivity contribution in [1.29, 1.82) is 0 Å². The maximum absolute atomic E-state index is 5.60. The molecule has 0 radical (unpaired) electrons. The van der Waals surface area contributed by atoms with Gasteiger partial charge in [0.2, 0.25) is 0 Å². The van der Waals surface area contributed by atoms with E-state index in [1.807, 2.05) is 0 Å². The number of aromatic nitrogens is 1. The molecule has 1 aliphatic heterocycles. The van der Waals surface area contributed by atoms with Crippen molar-refractivity contribution in [3.63, 3.8) is 0 Å². The summed E-state index contributed by atoms with van der Waals surface area (Å²) in [4.78, 5) is 6.67. The summed E-state index contributed by atoms with van der Waals surface area (Å²) in [5, 5.41) is 5.01. The van der Waals surface area contributed by atoms with Gasteiger partial charge in [-0.2, -0.15) is 0 Å². The van der Waals surface area contributed by atoms with Crippen molar-refractivity contribution in [2.75, 3.05) is 37.2 Å². The molecule has 15 heavy (non-hydrogen) atoms. The Balaban J connectivity index is 1.65. The Kier molecular flexibility index (Phi) is 3.80. The third-order valence-electron chi connectivity index (χ3n) is 2.68. The monoisotopic (exact) mass is 226 g/mol. The molecule has 84 valence electrons. The summed E-state index contributed by atoms with van der Waals surface area (Å²) >= 11 is 1.51. The van der Waals surface area contributed by atoms with E-state index in [4.69, 9.17) is 5.73 Å². The van der Waals surface area contributed by atoms with E-state index < -0.39 is 0 Å². The second kappa shape index (κ2) is 5.32. The Morgan fingerprint density at radius 1 is 1.40 bits per heavy atom. The fraction of sp³-hybridized carbons (Fsp3) is 0.700. The summed E-state index contributed by atoms with van der Waals surface area (Å²) in [5.74, 6) is 0. The van der Waals surface area contributed by atoms with Gasteiger partial charge in [0.1, 0.15) is 5.00 Å². The SMILES string of the molecule is Nc1cnc(NCCN2CCCCC2)s1. The molecule has 0 saturated carbocycles. The maximum atomic E-state index is 5.60. The van der Waals surface area contributed by atoms with E-state index in [0.29, 0.717) is 0 Å². The zero-order chi connectivity index (χ0) is 10.5. The highest BCUT2D eigenvalue weighted by molar-refractivity contribution is 7.19. The molecule has 0 bridgehead atoms. The highest BCUT2D eigenvalue weighted by Gasteiger charge is 2.09. The van der Waals surface area contributed by atoms with Crippen molar-refractivity contribution in [3.05, 3.63) is 6.20 Å². The maximum Gasteiger partial charge on any atom is 0.184 e. The normalized spacial score (nSPS) is 17.9. The van der Waals surface area contributed by atoms with Gasteiger partial charge in [0.25, 0.3) is 0 Å². The first-order chi connectivity index (χ1) is 7.34. The Bertz CT molecular complexity index is 293. The minimum atomic E-state index is 0.774. The highest BCUT2D eigenvalue weighted by Crippen LogP contribution is 2.19. The predicted octanol–water partition coefficient (Wildman–Crippen LogP) is 1.62. The molecule has 2 heterocycles. The van der Waals surface area contributed by atoms with Gasteiger partial charge in [0.05, 0.1) is 6.20 Å². The molecule has 1 aromatic heterocycles. The molecule has 1 fully saturated rings. The van der Waals surface area contributed by atoms with Crippen molar-refractivity contribution in [2.45, 2.75) is 19.3 Å². The Morgan fingerprint density at radius 3 is 2.87 bits per heavy atom. The molecule has 4 nitrogen and oxygen atoms in total. The molecule has 0 aromatic carbocycles. The lowest BCUT2D eigenvalue weighted by Gasteiger charge is -2.26. The number of rotatable bonds is 4. The second-order valence-corrected chi connectivity index (χ2v) is 4.96. The summed E-state index contributed by atoms with van der Waals surface area (Å²) in [6, 6.07) is 0. The fourth-order valence-corrected chi connectivity index (χ4v) is 2.48. The summed E-state index contributed by atoms with van der Waals surface area (Å²) < 4.78 is 0. The lowest BCUT2D eigenvalue weighted by molar-refractivity contribution is 0.237. The number of piperidine rings is 1. The third kappa shape index (κ3) is 3.35. The average molecular weight is 226 g/mol. The quantitative estimate of drug-likeness (QED) is 0.819. The average Bonchev–Trinajstić information content (AvgIpc) is 2.66. The van der Waals surface area contributed by atoms with Crippen LogP contribution in [0.2, 0.25) is 0 Å². The van der Waals surface area contributed by atoms with Crippen LogP contribution in [0.3, 0.4) is 0 Å². The van der Waals surface area contributed by atoms with Gasteiger partial charge in [-0.15, -0.1) is 0 Å². The zero-order valence-corrected chi connectivity index (χ0v) is 9.72. The molecule has 0 amide bonds. The van der Waals surface area contributed by atoms with Crippen LogP contribution in [0.5, 0.6) is 0 Å². The molecular weight excluding hydrogens is 208 g/mol. The third-order valence-corrected chi connectivity index (χ3v) is 3.46. The van der Waals surface area contributed by atoms with Crippen LogP contribution in [0.25, 0.3) is 0 Å². The van der Waals surface area contributed by atoms with Gasteiger partial charge in [-0.3, -0.25) is 0 Å². The van der Waals surface area contributed by atoms with Gasteiger partial charge in [-0.25, -0.2) is 4.98 Å². The first kappa shape index (κ1) is 10.7. The number of nitrogens with two attached hydrogens (primary N) is 1. The van der Waals surface area contributed by atoms with Crippen LogP contribution >= 0.6 is 11.3 Å². The van der Waals surface area contributed by atoms with Gasteiger partial charge in [0, 0.05) is 13.1 Å². The number of nitrogens with zero attached hydrogens (tertiary/aromatic N) is 2. The van der Waals surface area contributed by atoms with E-state index >= 15 is 0 Å². The van der Waals surface area contributed by atoms with Crippen molar-refractivity contribution >= 4 is 21.5 Å². The zero-order valence-electron chi connectivity index (χ0n) is 8.91. The first-order valence-corrected chi connectivity index (χ1v) is 6.34. The van der Waals surface area contributed by atoms with Gasteiger partial charge in [-0.1, -0.05) is 17.8 Å². The number of anilines is 2. The topological polar surface area (TPSA) is 54.2 Å². The van der Waals surface area contributed by atoms with E-state index in [9.17, 15) is 0 Å². The summed E-state index contributed by atoms with van der Waals surface area (Å²) in [6.45, 7) is 4.58. The van der Waals surface area contributed by atoms with Crippen molar-refractivity contribution in [3.8, 4) is 0 Å². The number of nitrogen functional groups attached to an aromatic ring is 1. The standard InChI is InChI=1S/C10H18N4S/c11-9-8-13-10(15-9)12-4-7-14-5-2-1-3-6-14/h8H,1-7,11H2,(H,12,13). The minimum absolute atomic E-state index is 0.774. The molecule has 0 unspecified atom stereocenters. The van der Waals surface area contributed by atoms with Crippen LogP contribution in [-0.4, -0.2) is 36.1 Å². The molecular formula is C10H18N4S. The molecule has 1 aliphatic rings. The van der Waals surface area contributed by atoms with Crippen molar-refractivity contribution < 1.29 is 0 Å². The van der Waals surface area contributed by atoms with Crippen LogP contribution < -0.4 is 11.1 Å². The summed E-state index contributed by atoms with van der Waals surface area (Å²) in [5.41, 5.74) is 5.60. The largest absolute Gasteiger partial charge is 0.389 e. The lowest BCUT2D eigenvalue weighted by atomic mass is 10.1.